The van der Waals surface area contributed by atoms with Gasteiger partial charge in [-0.3, -0.25) is 0 Å². The molecule has 0 saturated heterocycles. The van der Waals surface area contributed by atoms with Gasteiger partial charge in [0.25, 0.3) is 5.92 Å². The maximum atomic E-state index is 13.0. The second-order valence-electron chi connectivity index (χ2n) is 10.8. The quantitative estimate of drug-likeness (QED) is 0.136. The molecule has 5 aromatic rings. The second kappa shape index (κ2) is 31.7. The number of thiophene rings is 2. The van der Waals surface area contributed by atoms with Gasteiger partial charge >= 0.3 is 0 Å². The van der Waals surface area contributed by atoms with E-state index in [2.05, 4.69) is 45.1 Å². The minimum Gasteiger partial charge on any atom is -0.237 e. The van der Waals surface area contributed by atoms with Crippen LogP contribution in [0, 0.1) is 12.1 Å². The summed E-state index contributed by atoms with van der Waals surface area (Å²) in [6, 6.07) is 30.2. The van der Waals surface area contributed by atoms with Crippen LogP contribution in [0.3, 0.4) is 0 Å². The minimum absolute atomic E-state index is 0. The molecule has 1 radical (unpaired) electrons. The average Bonchev–Trinajstić information content (AvgIpc) is 3.74. The zero-order valence-electron chi connectivity index (χ0n) is 30.8. The Balaban J connectivity index is 0. The van der Waals surface area contributed by atoms with Gasteiger partial charge in [-0.1, -0.05) is 129 Å². The van der Waals surface area contributed by atoms with Gasteiger partial charge in [-0.2, -0.15) is 64.9 Å². The van der Waals surface area contributed by atoms with Crippen LogP contribution in [0.1, 0.15) is 87.2 Å². The fourth-order valence-electron chi connectivity index (χ4n) is 3.91. The molecule has 2 heterocycles. The number of hydrogen-bond acceptors (Lipinski definition) is 2. The fraction of sp³-hybridized carbons (Fsp3) is 0.286. The Morgan fingerprint density at radius 2 is 1.25 bits per heavy atom. The van der Waals surface area contributed by atoms with E-state index >= 15 is 0 Å². The Kier molecular flexibility index (Phi) is 32.7. The molecule has 0 bridgehead atoms. The molecule has 0 saturated carbocycles. The molecular formula is C42H45Cl5F2S2WY-2. The van der Waals surface area contributed by atoms with Crippen LogP contribution in [0.15, 0.2) is 103 Å². The summed E-state index contributed by atoms with van der Waals surface area (Å²) >= 11 is 31.6. The predicted octanol–water partition coefficient (Wildman–Crippen LogP) is 17.2. The predicted molar refractivity (Wildman–Crippen MR) is 226 cm³/mol. The van der Waals surface area contributed by atoms with Crippen molar-refractivity contribution in [2.75, 3.05) is 0 Å². The van der Waals surface area contributed by atoms with Gasteiger partial charge in [-0.25, -0.2) is 14.9 Å². The molecule has 0 spiro atoms. The summed E-state index contributed by atoms with van der Waals surface area (Å²) in [5.74, 6) is -2.73. The molecule has 5 rings (SSSR count). The Morgan fingerprint density at radius 3 is 1.66 bits per heavy atom. The van der Waals surface area contributed by atoms with E-state index in [4.69, 9.17) is 58.0 Å². The Hall–Kier alpha value is -0.358. The van der Waals surface area contributed by atoms with Gasteiger partial charge in [-0.05, 0) is 67.8 Å². The van der Waals surface area contributed by atoms with E-state index in [1.165, 1.54) is 70.5 Å². The molecule has 2 aromatic heterocycles. The first-order valence-electron chi connectivity index (χ1n) is 16.5. The first-order valence-corrected chi connectivity index (χ1v) is 20.0. The molecular weight excluding hydrogens is 1060 g/mol. The van der Waals surface area contributed by atoms with E-state index in [1.807, 2.05) is 80.6 Å². The maximum Gasteiger partial charge on any atom is 0.273 e. The molecule has 0 aliphatic carbocycles. The third-order valence-corrected chi connectivity index (χ3v) is 9.98. The van der Waals surface area contributed by atoms with E-state index in [1.54, 1.807) is 11.3 Å². The van der Waals surface area contributed by atoms with Gasteiger partial charge in [0.1, 0.15) is 0 Å². The smallest absolute Gasteiger partial charge is 0.237 e. The molecule has 3 aromatic carbocycles. The van der Waals surface area contributed by atoms with Gasteiger partial charge in [0.2, 0.25) is 0 Å². The van der Waals surface area contributed by atoms with Gasteiger partial charge < -0.3 is 0 Å². The van der Waals surface area contributed by atoms with E-state index in [9.17, 15) is 8.78 Å². The van der Waals surface area contributed by atoms with Crippen molar-refractivity contribution >= 4 is 86.3 Å². The first-order chi connectivity index (χ1) is 24.3. The molecule has 0 aliphatic heterocycles. The van der Waals surface area contributed by atoms with Gasteiger partial charge in [0.05, 0.1) is 8.67 Å². The zero-order valence-corrected chi connectivity index (χ0v) is 42.0. The summed E-state index contributed by atoms with van der Waals surface area (Å²) in [6.07, 6.45) is 11.4. The molecule has 0 aliphatic rings. The van der Waals surface area contributed by atoms with Gasteiger partial charge in [0.15, 0.2) is 0 Å². The minimum atomic E-state index is -2.73. The molecule has 0 nitrogen and oxygen atoms in total. The molecule has 53 heavy (non-hydrogen) atoms. The third kappa shape index (κ3) is 24.8. The van der Waals surface area contributed by atoms with Crippen molar-refractivity contribution in [1.29, 1.82) is 0 Å². The molecule has 11 heteroatoms. The number of benzene rings is 3. The topological polar surface area (TPSA) is 0 Å². The summed E-state index contributed by atoms with van der Waals surface area (Å²) in [6.45, 7) is 11.8. The van der Waals surface area contributed by atoms with Crippen LogP contribution in [0.5, 0.6) is 0 Å². The van der Waals surface area contributed by atoms with Crippen LogP contribution in [0.25, 0.3) is 5.57 Å². The molecule has 0 fully saturated rings. The van der Waals surface area contributed by atoms with E-state index in [0.717, 1.165) is 42.9 Å². The van der Waals surface area contributed by atoms with Gasteiger partial charge in [0, 0.05) is 80.7 Å². The number of rotatable bonds is 8. The summed E-state index contributed by atoms with van der Waals surface area (Å²) in [4.78, 5) is 2.48. The average molecular weight is 1100 g/mol. The van der Waals surface area contributed by atoms with Crippen LogP contribution in [0.2, 0.25) is 23.7 Å². The van der Waals surface area contributed by atoms with Crippen LogP contribution < -0.4 is 0 Å². The molecule has 0 unspecified atom stereocenters. The van der Waals surface area contributed by atoms with Crippen molar-refractivity contribution < 1.29 is 62.6 Å². The van der Waals surface area contributed by atoms with Crippen molar-refractivity contribution in [3.8, 4) is 0 Å². The molecule has 0 amide bonds. The fourth-order valence-corrected chi connectivity index (χ4v) is 6.44. The van der Waals surface area contributed by atoms with Gasteiger partial charge in [-0.15, -0.1) is 22.3 Å². The Labute approximate surface area is 389 Å². The zero-order chi connectivity index (χ0) is 38.2. The van der Waals surface area contributed by atoms with Crippen molar-refractivity contribution in [1.82, 2.24) is 0 Å². The van der Waals surface area contributed by atoms with Crippen molar-refractivity contribution in [2.24, 2.45) is 0 Å². The summed E-state index contributed by atoms with van der Waals surface area (Å²) < 4.78 is 27.7. The normalized spacial score (nSPS) is 10.5. The summed E-state index contributed by atoms with van der Waals surface area (Å²) in [5.41, 5.74) is 3.78. The summed E-state index contributed by atoms with van der Waals surface area (Å²) in [5, 5.41) is 2.03. The molecule has 0 N–H and O–H groups in total. The third-order valence-electron chi connectivity index (χ3n) is 6.79. The largest absolute Gasteiger partial charge is 0.273 e. The number of allylic oxidation sites excluding steroid dienone is 3. The molecule has 0 atom stereocenters. The number of aryl methyl sites for hydroxylation is 2. The van der Waals surface area contributed by atoms with Crippen LogP contribution in [0.4, 0.5) is 8.78 Å². The summed E-state index contributed by atoms with van der Waals surface area (Å²) in [7, 11) is 0. The standard InChI is InChI=1S/C10H11Cl.C9H9ClF2.C9H10Cl.C7H9ClS.C7H6ClS.W.Y/c1-3-8(2)9-4-6-10(11)7-5-9;1-2-9(11,12)7-3-5-8(10)6-4-7;1-2-3-8-4-6-9(10)7-5-8;2*1-2-3-6-4-5-7(8)9-6;;/h3-7H,1-2H3;3-6H,2H2,1H3;4,6-7H,2-3H2,1H3;4-5H,2-3H2,1H3;2,4-5H,1H3;;/q;;-1;;-1;;/b8-3+;;;;;;. The van der Waals surface area contributed by atoms with Crippen LogP contribution in [-0.2, 0) is 72.5 Å². The number of alkyl halides is 2. The van der Waals surface area contributed by atoms with Crippen molar-refractivity contribution in [3.05, 3.63) is 165 Å². The second-order valence-corrected chi connectivity index (χ2v) is 15.6. The maximum absolute atomic E-state index is 13.0. The van der Waals surface area contributed by atoms with Crippen LogP contribution >= 0.6 is 80.7 Å². The van der Waals surface area contributed by atoms with Crippen LogP contribution in [-0.4, -0.2) is 0 Å². The Morgan fingerprint density at radius 1 is 0.717 bits per heavy atom. The number of halogens is 7. The monoisotopic (exact) mass is 1100 g/mol. The first kappa shape index (κ1) is 54.7. The SMILES string of the molecule is C/C=C(\C)c1ccc(Cl)cc1.CC=[C-]c1ccc(Cl)s1.CCC(F)(F)c1ccc(Cl)cc1.CCCc1[c-]cc(Cl)cc1.CCCc1ccc(Cl)s1.[W].[Y]. The Bertz CT molecular complexity index is 1700. The van der Waals surface area contributed by atoms with E-state index in [-0.39, 0.29) is 65.8 Å². The van der Waals surface area contributed by atoms with Crippen molar-refractivity contribution in [3.63, 3.8) is 0 Å². The van der Waals surface area contributed by atoms with E-state index < -0.39 is 5.92 Å². The number of hydrogen-bond donors (Lipinski definition) is 0. The van der Waals surface area contributed by atoms with E-state index in [0.29, 0.717) is 5.02 Å². The van der Waals surface area contributed by atoms with Crippen molar-refractivity contribution in [2.45, 2.75) is 79.6 Å². The molecule has 285 valence electrons.